The third-order valence-corrected chi connectivity index (χ3v) is 17.5. The first-order chi connectivity index (χ1) is 48.7. The van der Waals surface area contributed by atoms with Gasteiger partial charge in [0.05, 0.1) is 32.8 Å². The Balaban J connectivity index is 5.41. The molecular weight excluding hydrogens is 1310 g/mol. The number of aliphatic hydroxyl groups is 1. The SMILES string of the molecule is CC/C=C\C/C=C\C/C=C\C/C=C\C/C=C\CCCCCC(=O)OCC(COP(=O)(O)OCC(O)COP(=O)(O)OCC(COC(=O)C/C=C\C/C=C\C/C=C\C/C=C\C/C=C\CC)OC(=O)CCCCCCCCCCCCCCCCC)OC(=O)CCCCCCC/C=C\CCCC. The van der Waals surface area contributed by atoms with Crippen molar-refractivity contribution >= 4 is 39.5 Å². The van der Waals surface area contributed by atoms with E-state index in [-0.39, 0.29) is 25.7 Å². The fourth-order valence-corrected chi connectivity index (χ4v) is 11.4. The number of aliphatic hydroxyl groups excluding tert-OH is 1. The van der Waals surface area contributed by atoms with Crippen molar-refractivity contribution in [1.82, 2.24) is 0 Å². The zero-order valence-corrected chi connectivity index (χ0v) is 64.1. The summed E-state index contributed by atoms with van der Waals surface area (Å²) >= 11 is 0. The maximum atomic E-state index is 13.1. The van der Waals surface area contributed by atoms with Crippen LogP contribution in [0.25, 0.3) is 0 Å². The maximum Gasteiger partial charge on any atom is 0.472 e. The van der Waals surface area contributed by atoms with E-state index >= 15 is 0 Å². The summed E-state index contributed by atoms with van der Waals surface area (Å²) in [5, 5.41) is 10.6. The van der Waals surface area contributed by atoms with Crippen molar-refractivity contribution in [1.29, 1.82) is 0 Å². The number of unbranched alkanes of at least 4 members (excludes halogenated alkanes) is 24. The summed E-state index contributed by atoms with van der Waals surface area (Å²) in [6.07, 6.45) is 80.5. The summed E-state index contributed by atoms with van der Waals surface area (Å²) in [6.45, 7) is 4.45. The second-order valence-electron chi connectivity index (χ2n) is 25.2. The van der Waals surface area contributed by atoms with Crippen molar-refractivity contribution in [2.24, 2.45) is 0 Å². The Morgan fingerprint density at radius 3 is 0.940 bits per heavy atom. The molecule has 0 saturated carbocycles. The molecule has 0 aromatic heterocycles. The van der Waals surface area contributed by atoms with Gasteiger partial charge in [-0.25, -0.2) is 9.13 Å². The molecule has 0 rings (SSSR count). The van der Waals surface area contributed by atoms with Gasteiger partial charge in [0.1, 0.15) is 19.3 Å². The topological polar surface area (TPSA) is 237 Å². The maximum absolute atomic E-state index is 13.1. The molecule has 3 N–H and O–H groups in total. The van der Waals surface area contributed by atoms with Gasteiger partial charge in [-0.3, -0.25) is 37.3 Å². The van der Waals surface area contributed by atoms with Crippen LogP contribution in [0, 0.1) is 0 Å². The van der Waals surface area contributed by atoms with Crippen LogP contribution in [0.5, 0.6) is 0 Å². The fourth-order valence-electron chi connectivity index (χ4n) is 9.83. The Hall–Kier alpha value is -4.80. The van der Waals surface area contributed by atoms with Crippen molar-refractivity contribution < 1.29 is 80.2 Å². The molecule has 0 radical (unpaired) electrons. The Bertz CT molecular complexity index is 2420. The summed E-state index contributed by atoms with van der Waals surface area (Å²) in [5.74, 6) is -2.37. The highest BCUT2D eigenvalue weighted by molar-refractivity contribution is 7.47. The van der Waals surface area contributed by atoms with Crippen LogP contribution < -0.4 is 0 Å². The number of phosphoric acid groups is 2. The van der Waals surface area contributed by atoms with Crippen molar-refractivity contribution in [2.45, 2.75) is 316 Å². The minimum absolute atomic E-state index is 0.0716. The van der Waals surface area contributed by atoms with E-state index in [4.69, 9.17) is 37.0 Å². The van der Waals surface area contributed by atoms with E-state index in [1.165, 1.54) is 77.0 Å². The zero-order valence-electron chi connectivity index (χ0n) is 62.3. The normalized spacial score (nSPS) is 14.7. The predicted molar refractivity (Wildman–Crippen MR) is 408 cm³/mol. The van der Waals surface area contributed by atoms with Gasteiger partial charge in [0.15, 0.2) is 12.2 Å². The standard InChI is InChI=1S/C81H136O17P2/c1-5-9-13-17-21-25-29-32-35-36-37-38-41-43-47-50-54-58-62-66-79(84)91-71-76(97-80(85)67-63-59-55-51-45-28-24-20-16-12-8-4)73-95-99(87,88)93-69-75(82)70-94-100(89,90)96-74-77(98-81(86)68-64-60-56-52-48-44-40-34-31-27-23-19-15-11-7-3)72-92-78(83)65-61-57-53-49-46-42-39-33-30-26-22-18-14-10-6-2/h9-10,13-14,20-22,24-26,32-33,35,37-39,43,46-47,49,57,61,75-77,82H,5-8,11-12,15-19,23,27-31,34,36,40-42,44-45,48,50-56,58-60,62-74H2,1-4H3,(H,87,88)(H,89,90)/b13-9-,14-10-,24-20-,25-21-,26-22-,35-32-,38-37-,39-33-,47-43-,49-46-,61-57-. The number of allylic oxidation sites excluding steroid dienone is 21. The molecule has 0 saturated heterocycles. The molecule has 0 heterocycles. The lowest BCUT2D eigenvalue weighted by Crippen LogP contribution is -2.30. The first-order valence-corrected chi connectivity index (χ1v) is 41.4. The number of hydrogen-bond acceptors (Lipinski definition) is 15. The van der Waals surface area contributed by atoms with E-state index in [9.17, 15) is 43.2 Å². The Kier molecular flexibility index (Phi) is 69.1. The van der Waals surface area contributed by atoms with Crippen molar-refractivity contribution in [2.75, 3.05) is 39.6 Å². The number of carbonyl (C=O) groups excluding carboxylic acids is 4. The second kappa shape index (κ2) is 72.5. The molecule has 0 aromatic carbocycles. The molecule has 100 heavy (non-hydrogen) atoms. The Morgan fingerprint density at radius 2 is 0.570 bits per heavy atom. The third kappa shape index (κ3) is 71.6. The van der Waals surface area contributed by atoms with E-state index in [0.29, 0.717) is 25.7 Å². The molecule has 5 unspecified atom stereocenters. The quantitative estimate of drug-likeness (QED) is 0.0169. The molecular formula is C81H136O17P2. The van der Waals surface area contributed by atoms with Gasteiger partial charge in [-0.15, -0.1) is 0 Å². The van der Waals surface area contributed by atoms with Crippen molar-refractivity contribution in [3.05, 3.63) is 134 Å². The lowest BCUT2D eigenvalue weighted by Gasteiger charge is -2.21. The summed E-state index contributed by atoms with van der Waals surface area (Å²) < 4.78 is 68.3. The molecule has 572 valence electrons. The molecule has 17 nitrogen and oxygen atoms in total. The smallest absolute Gasteiger partial charge is 0.462 e. The average Bonchev–Trinajstić information content (AvgIpc) is 0.953. The first-order valence-electron chi connectivity index (χ1n) is 38.4. The molecule has 0 amide bonds. The minimum Gasteiger partial charge on any atom is -0.462 e. The summed E-state index contributed by atoms with van der Waals surface area (Å²) in [7, 11) is -9.99. The predicted octanol–water partition coefficient (Wildman–Crippen LogP) is 22.1. The van der Waals surface area contributed by atoms with Crippen molar-refractivity contribution in [3.8, 4) is 0 Å². The van der Waals surface area contributed by atoms with Gasteiger partial charge in [0, 0.05) is 19.3 Å². The van der Waals surface area contributed by atoms with Crippen LogP contribution in [-0.2, 0) is 65.4 Å². The van der Waals surface area contributed by atoms with Crippen LogP contribution in [0.3, 0.4) is 0 Å². The van der Waals surface area contributed by atoms with Crippen LogP contribution in [-0.4, -0.2) is 96.7 Å². The minimum atomic E-state index is -5.00. The number of phosphoric ester groups is 2. The van der Waals surface area contributed by atoms with Crippen LogP contribution in [0.4, 0.5) is 0 Å². The Morgan fingerprint density at radius 1 is 0.300 bits per heavy atom. The van der Waals surface area contributed by atoms with Crippen LogP contribution >= 0.6 is 15.6 Å². The number of ether oxygens (including phenoxy) is 4. The van der Waals surface area contributed by atoms with Crippen LogP contribution in [0.2, 0.25) is 0 Å². The lowest BCUT2D eigenvalue weighted by atomic mass is 10.0. The first kappa shape index (κ1) is 95.2. The van der Waals surface area contributed by atoms with Gasteiger partial charge in [-0.05, 0) is 116 Å². The molecule has 0 bridgehead atoms. The van der Waals surface area contributed by atoms with Gasteiger partial charge in [-0.1, -0.05) is 290 Å². The molecule has 0 aliphatic carbocycles. The molecule has 0 spiro atoms. The van der Waals surface area contributed by atoms with Crippen LogP contribution in [0.15, 0.2) is 134 Å². The van der Waals surface area contributed by atoms with Gasteiger partial charge < -0.3 is 33.8 Å². The van der Waals surface area contributed by atoms with Gasteiger partial charge in [0.2, 0.25) is 0 Å². The van der Waals surface area contributed by atoms with Gasteiger partial charge in [0.25, 0.3) is 0 Å². The van der Waals surface area contributed by atoms with E-state index in [1.807, 2.05) is 18.2 Å². The second-order valence-corrected chi connectivity index (χ2v) is 28.1. The largest absolute Gasteiger partial charge is 0.472 e. The number of carbonyl (C=O) groups is 4. The highest BCUT2D eigenvalue weighted by Crippen LogP contribution is 2.45. The molecule has 5 atom stereocenters. The number of esters is 4. The average molecular weight is 1440 g/mol. The summed E-state index contributed by atoms with van der Waals surface area (Å²) in [4.78, 5) is 72.8. The molecule has 0 aliphatic heterocycles. The van der Waals surface area contributed by atoms with E-state index in [0.717, 1.165) is 141 Å². The fraction of sp³-hybridized carbons (Fsp3) is 0.679. The van der Waals surface area contributed by atoms with Gasteiger partial charge >= 0.3 is 39.5 Å². The third-order valence-electron chi connectivity index (χ3n) is 15.6. The summed E-state index contributed by atoms with van der Waals surface area (Å²) in [5.41, 5.74) is 0. The van der Waals surface area contributed by atoms with Gasteiger partial charge in [-0.2, -0.15) is 0 Å². The zero-order chi connectivity index (χ0) is 73.2. The number of rotatable bonds is 71. The molecule has 0 fully saturated rings. The Labute approximate surface area is 605 Å². The van der Waals surface area contributed by atoms with E-state index in [1.54, 1.807) is 6.08 Å². The molecule has 0 aromatic rings. The molecule has 19 heteroatoms. The van der Waals surface area contributed by atoms with E-state index < -0.39 is 97.5 Å². The highest BCUT2D eigenvalue weighted by Gasteiger charge is 2.30. The highest BCUT2D eigenvalue weighted by atomic mass is 31.2. The van der Waals surface area contributed by atoms with Crippen molar-refractivity contribution in [3.63, 3.8) is 0 Å². The molecule has 0 aliphatic rings. The monoisotopic (exact) mass is 1440 g/mol. The summed E-state index contributed by atoms with van der Waals surface area (Å²) in [6, 6.07) is 0. The lowest BCUT2D eigenvalue weighted by molar-refractivity contribution is -0.161. The van der Waals surface area contributed by atoms with E-state index in [2.05, 4.69) is 137 Å². The van der Waals surface area contributed by atoms with Crippen LogP contribution in [0.1, 0.15) is 297 Å². The number of hydrogen-bond donors (Lipinski definition) is 3.